The number of carbonyl (C=O) groups is 2. The molecule has 0 spiro atoms. The van der Waals surface area contributed by atoms with Gasteiger partial charge in [-0.15, -0.1) is 0 Å². The van der Waals surface area contributed by atoms with Gasteiger partial charge in [0.25, 0.3) is 0 Å². The summed E-state index contributed by atoms with van der Waals surface area (Å²) in [5.41, 5.74) is -1.07. The summed E-state index contributed by atoms with van der Waals surface area (Å²) in [5.74, 6) is -0.303. The zero-order chi connectivity index (χ0) is 17.7. The Morgan fingerprint density at radius 2 is 1.80 bits per heavy atom. The van der Waals surface area contributed by atoms with E-state index < -0.39 is 11.5 Å². The van der Waals surface area contributed by atoms with Gasteiger partial charge in [0.15, 0.2) is 0 Å². The maximum absolute atomic E-state index is 12.7. The van der Waals surface area contributed by atoms with Crippen LogP contribution in [0.3, 0.4) is 0 Å². The number of carbonyl (C=O) groups excluding carboxylic acids is 1. The molecule has 0 unspecified atom stereocenters. The maximum Gasteiger partial charge on any atom is 0.329 e. The molecule has 1 aromatic heterocycles. The van der Waals surface area contributed by atoms with Crippen molar-refractivity contribution in [3.63, 3.8) is 0 Å². The Labute approximate surface area is 147 Å². The zero-order valence-electron chi connectivity index (χ0n) is 14.5. The van der Waals surface area contributed by atoms with E-state index in [4.69, 9.17) is 0 Å². The Morgan fingerprint density at radius 3 is 2.36 bits per heavy atom. The van der Waals surface area contributed by atoms with Crippen molar-refractivity contribution in [3.8, 4) is 0 Å². The Bertz CT molecular complexity index is 592. The lowest BCUT2D eigenvalue weighted by Crippen LogP contribution is -2.56. The van der Waals surface area contributed by atoms with Gasteiger partial charge in [0, 0.05) is 31.4 Å². The summed E-state index contributed by atoms with van der Waals surface area (Å²) in [4.78, 5) is 35.1. The molecule has 0 aromatic carbocycles. The van der Waals surface area contributed by atoms with Gasteiger partial charge in [-0.25, -0.2) is 9.78 Å². The number of anilines is 1. The Balaban J connectivity index is 1.59. The van der Waals surface area contributed by atoms with E-state index in [2.05, 4.69) is 20.2 Å². The third kappa shape index (κ3) is 4.08. The van der Waals surface area contributed by atoms with E-state index in [1.54, 1.807) is 18.6 Å². The van der Waals surface area contributed by atoms with Crippen molar-refractivity contribution in [2.45, 2.75) is 56.9 Å². The third-order valence-electron chi connectivity index (χ3n) is 5.47. The minimum atomic E-state index is -1.07. The van der Waals surface area contributed by atoms with Gasteiger partial charge in [0.05, 0.1) is 6.20 Å². The molecule has 1 aromatic rings. The first-order chi connectivity index (χ1) is 12.1. The first-order valence-electron chi connectivity index (χ1n) is 9.17. The highest BCUT2D eigenvalue weighted by Crippen LogP contribution is 2.29. The molecule has 25 heavy (non-hydrogen) atoms. The average molecular weight is 346 g/mol. The topological polar surface area (TPSA) is 95.4 Å². The van der Waals surface area contributed by atoms with E-state index in [1.165, 1.54) is 0 Å². The van der Waals surface area contributed by atoms with E-state index in [0.717, 1.165) is 44.6 Å². The number of hydrogen-bond donors (Lipinski definition) is 2. The van der Waals surface area contributed by atoms with Gasteiger partial charge < -0.3 is 15.3 Å². The summed E-state index contributed by atoms with van der Waals surface area (Å²) in [7, 11) is 0. The van der Waals surface area contributed by atoms with Crippen LogP contribution in [0.15, 0.2) is 18.6 Å². The van der Waals surface area contributed by atoms with Crippen LogP contribution in [0.1, 0.15) is 51.4 Å². The molecule has 2 fully saturated rings. The van der Waals surface area contributed by atoms with Crippen molar-refractivity contribution < 1.29 is 14.7 Å². The number of carboxylic acid groups (broad SMARTS) is 1. The standard InChI is InChI=1S/C18H26N4O3/c23-16(21-18(17(24)25)7-3-1-2-4-8-18)14-5-11-22(12-6-14)15-13-19-9-10-20-15/h9-10,13-14H,1-8,11-12H2,(H,21,23)(H,24,25). The smallest absolute Gasteiger partial charge is 0.329 e. The number of nitrogens with one attached hydrogen (secondary N) is 1. The summed E-state index contributed by atoms with van der Waals surface area (Å²) < 4.78 is 0. The summed E-state index contributed by atoms with van der Waals surface area (Å²) in [6.45, 7) is 1.47. The van der Waals surface area contributed by atoms with Crippen molar-refractivity contribution in [3.05, 3.63) is 18.6 Å². The average Bonchev–Trinajstić information content (AvgIpc) is 2.89. The second-order valence-corrected chi connectivity index (χ2v) is 7.12. The van der Waals surface area contributed by atoms with Crippen molar-refractivity contribution >= 4 is 17.7 Å². The van der Waals surface area contributed by atoms with Gasteiger partial charge in [-0.05, 0) is 25.7 Å². The van der Waals surface area contributed by atoms with Gasteiger partial charge in [0.1, 0.15) is 11.4 Å². The molecule has 2 heterocycles. The van der Waals surface area contributed by atoms with Crippen molar-refractivity contribution in [1.29, 1.82) is 0 Å². The van der Waals surface area contributed by atoms with Crippen LogP contribution in [0.2, 0.25) is 0 Å². The van der Waals surface area contributed by atoms with Crippen LogP contribution in [0.5, 0.6) is 0 Å². The molecule has 2 N–H and O–H groups in total. The summed E-state index contributed by atoms with van der Waals surface area (Å²) >= 11 is 0. The number of aliphatic carboxylic acids is 1. The Kier molecular flexibility index (Phi) is 5.50. The molecular weight excluding hydrogens is 320 g/mol. The number of aromatic nitrogens is 2. The summed E-state index contributed by atoms with van der Waals surface area (Å²) in [5, 5.41) is 12.6. The molecule has 7 heteroatoms. The molecular formula is C18H26N4O3. The van der Waals surface area contributed by atoms with E-state index in [1.807, 2.05) is 0 Å². The third-order valence-corrected chi connectivity index (χ3v) is 5.47. The molecule has 136 valence electrons. The second-order valence-electron chi connectivity index (χ2n) is 7.12. The lowest BCUT2D eigenvalue weighted by Gasteiger charge is -2.35. The molecule has 1 saturated carbocycles. The lowest BCUT2D eigenvalue weighted by atomic mass is 9.88. The molecule has 3 rings (SSSR count). The minimum Gasteiger partial charge on any atom is -0.480 e. The van der Waals surface area contributed by atoms with E-state index >= 15 is 0 Å². The monoisotopic (exact) mass is 346 g/mol. The fraction of sp³-hybridized carbons (Fsp3) is 0.667. The first kappa shape index (κ1) is 17.6. The largest absolute Gasteiger partial charge is 0.480 e. The quantitative estimate of drug-likeness (QED) is 0.810. The highest BCUT2D eigenvalue weighted by Gasteiger charge is 2.41. The second kappa shape index (κ2) is 7.80. The van der Waals surface area contributed by atoms with Crippen molar-refractivity contribution in [1.82, 2.24) is 15.3 Å². The van der Waals surface area contributed by atoms with Crippen molar-refractivity contribution in [2.75, 3.05) is 18.0 Å². The van der Waals surface area contributed by atoms with Crippen LogP contribution in [0.4, 0.5) is 5.82 Å². The molecule has 1 amide bonds. The van der Waals surface area contributed by atoms with Gasteiger partial charge in [0.2, 0.25) is 5.91 Å². The lowest BCUT2D eigenvalue weighted by molar-refractivity contribution is -0.149. The first-order valence-corrected chi connectivity index (χ1v) is 9.17. The van der Waals surface area contributed by atoms with Crippen LogP contribution in [0, 0.1) is 5.92 Å². The SMILES string of the molecule is O=C(NC1(C(=O)O)CCCCCC1)C1CCN(c2cnccn2)CC1. The number of nitrogens with zero attached hydrogens (tertiary/aromatic N) is 3. The molecule has 7 nitrogen and oxygen atoms in total. The normalized spacial score (nSPS) is 21.4. The zero-order valence-corrected chi connectivity index (χ0v) is 14.5. The summed E-state index contributed by atoms with van der Waals surface area (Å²) in [6, 6.07) is 0. The van der Waals surface area contributed by atoms with Crippen LogP contribution < -0.4 is 10.2 Å². The molecule has 0 radical (unpaired) electrons. The number of piperidine rings is 1. The Morgan fingerprint density at radius 1 is 1.12 bits per heavy atom. The summed E-state index contributed by atoms with van der Waals surface area (Å²) in [6.07, 6.45) is 11.3. The highest BCUT2D eigenvalue weighted by atomic mass is 16.4. The molecule has 1 aliphatic heterocycles. The maximum atomic E-state index is 12.7. The Hall–Kier alpha value is -2.18. The number of amides is 1. The predicted octanol–water partition coefficient (Wildman–Crippen LogP) is 1.99. The van der Waals surface area contributed by atoms with Crippen LogP contribution in [-0.2, 0) is 9.59 Å². The number of carboxylic acids is 1. The van der Waals surface area contributed by atoms with Gasteiger partial charge in [-0.3, -0.25) is 9.78 Å². The molecule has 1 saturated heterocycles. The fourth-order valence-electron chi connectivity index (χ4n) is 3.89. The number of hydrogen-bond acceptors (Lipinski definition) is 5. The molecule has 0 atom stereocenters. The fourth-order valence-corrected chi connectivity index (χ4v) is 3.89. The van der Waals surface area contributed by atoms with Crippen LogP contribution in [0.25, 0.3) is 0 Å². The highest BCUT2D eigenvalue weighted by molar-refractivity contribution is 5.88. The van der Waals surface area contributed by atoms with Gasteiger partial charge in [-0.1, -0.05) is 25.7 Å². The van der Waals surface area contributed by atoms with Gasteiger partial charge >= 0.3 is 5.97 Å². The van der Waals surface area contributed by atoms with E-state index in [-0.39, 0.29) is 11.8 Å². The van der Waals surface area contributed by atoms with E-state index in [0.29, 0.717) is 25.7 Å². The molecule has 0 bridgehead atoms. The minimum absolute atomic E-state index is 0.108. The van der Waals surface area contributed by atoms with Gasteiger partial charge in [-0.2, -0.15) is 0 Å². The number of rotatable bonds is 4. The molecule has 1 aliphatic carbocycles. The predicted molar refractivity (Wildman–Crippen MR) is 93.2 cm³/mol. The molecule has 2 aliphatic rings. The van der Waals surface area contributed by atoms with Crippen LogP contribution in [-0.4, -0.2) is 45.6 Å². The van der Waals surface area contributed by atoms with Crippen LogP contribution >= 0.6 is 0 Å². The van der Waals surface area contributed by atoms with Crippen molar-refractivity contribution in [2.24, 2.45) is 5.92 Å². The van der Waals surface area contributed by atoms with E-state index in [9.17, 15) is 14.7 Å².